The van der Waals surface area contributed by atoms with Gasteiger partial charge in [0.15, 0.2) is 0 Å². The average Bonchev–Trinajstić information content (AvgIpc) is 3.56. The third-order valence-corrected chi connectivity index (χ3v) is 10.1. The van der Waals surface area contributed by atoms with E-state index in [9.17, 15) is 20.1 Å². The average molecular weight is 567 g/mol. The number of amides is 1. The Morgan fingerprint density at radius 3 is 2.54 bits per heavy atom. The van der Waals surface area contributed by atoms with E-state index in [1.54, 1.807) is 12.1 Å². The Hall–Kier alpha value is -2.49. The van der Waals surface area contributed by atoms with Crippen molar-refractivity contribution < 1.29 is 29.3 Å². The molecule has 0 spiro atoms. The Morgan fingerprint density at radius 1 is 1.05 bits per heavy atom. The lowest BCUT2D eigenvalue weighted by Gasteiger charge is -2.53. The summed E-state index contributed by atoms with van der Waals surface area (Å²) in [7, 11) is 0. The molecular weight excluding hydrogens is 518 g/mol. The van der Waals surface area contributed by atoms with Gasteiger partial charge in [-0.1, -0.05) is 49.2 Å². The minimum Gasteiger partial charge on any atom is -0.506 e. The van der Waals surface area contributed by atoms with Gasteiger partial charge in [-0.2, -0.15) is 0 Å². The number of nitrogens with one attached hydrogen (secondary N) is 2. The molecule has 1 aliphatic carbocycles. The molecule has 1 amide bonds. The van der Waals surface area contributed by atoms with Crippen molar-refractivity contribution in [3.8, 4) is 5.75 Å². The highest BCUT2D eigenvalue weighted by Crippen LogP contribution is 2.42. The number of anilines is 1. The fourth-order valence-corrected chi connectivity index (χ4v) is 7.52. The van der Waals surface area contributed by atoms with E-state index in [2.05, 4.69) is 22.8 Å². The quantitative estimate of drug-likeness (QED) is 0.0962. The zero-order valence-corrected chi connectivity index (χ0v) is 24.2. The Balaban J connectivity index is 1.07. The first-order valence-electron chi connectivity index (χ1n) is 15.6. The maximum Gasteiger partial charge on any atom is 0.211 e. The molecule has 4 aliphatic rings. The molecule has 3 saturated heterocycles. The van der Waals surface area contributed by atoms with Gasteiger partial charge in [0.05, 0.1) is 38.0 Å². The highest BCUT2D eigenvalue weighted by atomic mass is 16.5. The summed E-state index contributed by atoms with van der Waals surface area (Å²) in [5.74, 6) is 0.844. The molecule has 5 N–H and O–H groups in total. The van der Waals surface area contributed by atoms with Crippen molar-refractivity contribution in [3.63, 3.8) is 0 Å². The Bertz CT molecular complexity index is 1120. The molecule has 0 aromatic heterocycles. The van der Waals surface area contributed by atoms with E-state index in [1.165, 1.54) is 44.8 Å². The van der Waals surface area contributed by atoms with Gasteiger partial charge < -0.3 is 35.2 Å². The van der Waals surface area contributed by atoms with Gasteiger partial charge in [0, 0.05) is 25.3 Å². The first-order valence-corrected chi connectivity index (χ1v) is 15.6. The van der Waals surface area contributed by atoms with Crippen LogP contribution in [0.3, 0.4) is 0 Å². The third-order valence-electron chi connectivity index (χ3n) is 10.1. The van der Waals surface area contributed by atoms with Crippen molar-refractivity contribution in [1.29, 1.82) is 0 Å². The van der Waals surface area contributed by atoms with Crippen LogP contribution < -0.4 is 10.6 Å². The van der Waals surface area contributed by atoms with Crippen LogP contribution in [0.4, 0.5) is 5.69 Å². The van der Waals surface area contributed by atoms with E-state index in [-0.39, 0.29) is 17.8 Å². The van der Waals surface area contributed by atoms with Gasteiger partial charge in [-0.05, 0) is 61.4 Å². The SMILES string of the molecule is O=CNc1cc([C@@H](O)CNCCCC[N+]23CCC(CC2)[C@@H](OCC(O)(c2ccccc2)C2CCCC2)C3)ccc1O. The van der Waals surface area contributed by atoms with E-state index in [1.807, 2.05) is 18.2 Å². The number of carbonyl (C=O) groups is 1. The number of nitrogens with zero attached hydrogens (tertiary/aromatic N) is 1. The first kappa shape index (κ1) is 30.0. The second-order valence-corrected chi connectivity index (χ2v) is 12.6. The molecule has 3 aliphatic heterocycles. The molecule has 2 aromatic carbocycles. The molecular formula is C33H48N3O5+. The van der Waals surface area contributed by atoms with E-state index in [4.69, 9.17) is 4.74 Å². The van der Waals surface area contributed by atoms with Gasteiger partial charge in [-0.3, -0.25) is 4.79 Å². The van der Waals surface area contributed by atoms with Crippen LogP contribution in [-0.2, 0) is 15.1 Å². The summed E-state index contributed by atoms with van der Waals surface area (Å²) < 4.78 is 7.80. The van der Waals surface area contributed by atoms with Crippen LogP contribution in [-0.4, -0.2) is 78.2 Å². The van der Waals surface area contributed by atoms with Crippen LogP contribution in [0.5, 0.6) is 5.75 Å². The fourth-order valence-electron chi connectivity index (χ4n) is 7.52. The van der Waals surface area contributed by atoms with Crippen LogP contribution in [0, 0.1) is 11.8 Å². The van der Waals surface area contributed by atoms with Crippen molar-refractivity contribution in [2.75, 3.05) is 51.2 Å². The number of hydrogen-bond donors (Lipinski definition) is 5. The third kappa shape index (κ3) is 7.12. The summed E-state index contributed by atoms with van der Waals surface area (Å²) in [5.41, 5.74) is 1.03. The minimum absolute atomic E-state index is 0.0245. The zero-order chi connectivity index (χ0) is 28.7. The summed E-state index contributed by atoms with van der Waals surface area (Å²) in [4.78, 5) is 10.7. The van der Waals surface area contributed by atoms with Crippen LogP contribution in [0.2, 0.25) is 0 Å². The molecule has 0 radical (unpaired) electrons. The topological polar surface area (TPSA) is 111 Å². The van der Waals surface area contributed by atoms with Gasteiger partial charge in [-0.15, -0.1) is 0 Å². The number of piperidine rings is 3. The summed E-state index contributed by atoms with van der Waals surface area (Å²) in [5, 5.41) is 38.1. The van der Waals surface area contributed by atoms with E-state index in [0.717, 1.165) is 55.4 Å². The lowest BCUT2D eigenvalue weighted by Crippen LogP contribution is -2.64. The van der Waals surface area contributed by atoms with Gasteiger partial charge in [0.2, 0.25) is 6.41 Å². The maximum absolute atomic E-state index is 11.9. The van der Waals surface area contributed by atoms with Crippen molar-refractivity contribution in [2.45, 2.75) is 69.2 Å². The number of quaternary nitrogens is 1. The minimum atomic E-state index is -0.905. The van der Waals surface area contributed by atoms with E-state index < -0.39 is 11.7 Å². The number of phenols is 1. The van der Waals surface area contributed by atoms with Crippen molar-refractivity contribution in [2.24, 2.45) is 11.8 Å². The van der Waals surface area contributed by atoms with Gasteiger partial charge in [0.1, 0.15) is 24.0 Å². The Kier molecular flexibility index (Phi) is 9.99. The molecule has 8 heteroatoms. The summed E-state index contributed by atoms with van der Waals surface area (Å²) in [6, 6.07) is 14.9. The van der Waals surface area contributed by atoms with Crippen LogP contribution in [0.25, 0.3) is 0 Å². The number of carbonyl (C=O) groups excluding carboxylic acids is 1. The fraction of sp³-hybridized carbons (Fsp3) is 0.606. The van der Waals surface area contributed by atoms with E-state index in [0.29, 0.717) is 36.7 Å². The molecule has 3 heterocycles. The lowest BCUT2D eigenvalue weighted by atomic mass is 9.80. The number of fused-ring (bicyclic) bond motifs is 3. The first-order chi connectivity index (χ1) is 19.9. The largest absolute Gasteiger partial charge is 0.506 e. The Morgan fingerprint density at radius 2 is 1.80 bits per heavy atom. The number of rotatable bonds is 15. The molecule has 2 bridgehead atoms. The maximum atomic E-state index is 11.9. The van der Waals surface area contributed by atoms with Gasteiger partial charge >= 0.3 is 0 Å². The molecule has 8 nitrogen and oxygen atoms in total. The molecule has 1 unspecified atom stereocenters. The summed E-state index contributed by atoms with van der Waals surface area (Å²) in [6.45, 7) is 6.26. The molecule has 3 atom stereocenters. The number of ether oxygens (including phenoxy) is 1. The predicted molar refractivity (Wildman–Crippen MR) is 159 cm³/mol. The number of phenolic OH excluding ortho intramolecular Hbond substituents is 1. The predicted octanol–water partition coefficient (Wildman–Crippen LogP) is 4.07. The lowest BCUT2D eigenvalue weighted by molar-refractivity contribution is -0.946. The number of aliphatic hydroxyl groups is 2. The second kappa shape index (κ2) is 13.7. The molecule has 4 fully saturated rings. The number of benzene rings is 2. The standard InChI is InChI=1S/C33H47N3O5/c37-24-35-29-20-26(12-13-30(29)38)31(39)21-34-16-6-7-17-36-18-14-25(15-19-36)32(22-36)41-23-33(40,28-10-4-5-11-28)27-8-2-1-3-9-27/h1-3,8-9,12-13,20,24-25,28,31-32,34,39-40H,4-7,10-11,14-19,21-23H2,(H-,35,37,38)/p+1/t25?,31-,32-,33?,36?/m0/s1. The summed E-state index contributed by atoms with van der Waals surface area (Å²) >= 11 is 0. The van der Waals surface area contributed by atoms with Crippen molar-refractivity contribution in [1.82, 2.24) is 5.32 Å². The molecule has 6 rings (SSSR count). The highest BCUT2D eigenvalue weighted by molar-refractivity contribution is 5.75. The number of hydrogen-bond acceptors (Lipinski definition) is 6. The Labute approximate surface area is 244 Å². The number of aliphatic hydroxyl groups excluding tert-OH is 1. The van der Waals surface area contributed by atoms with Gasteiger partial charge in [0.25, 0.3) is 0 Å². The second-order valence-electron chi connectivity index (χ2n) is 12.6. The normalized spacial score (nSPS) is 26.5. The molecule has 1 saturated carbocycles. The monoisotopic (exact) mass is 566 g/mol. The molecule has 224 valence electrons. The van der Waals surface area contributed by atoms with Crippen molar-refractivity contribution >= 4 is 12.1 Å². The van der Waals surface area contributed by atoms with Crippen LogP contribution >= 0.6 is 0 Å². The molecule has 2 aromatic rings. The number of aromatic hydroxyl groups is 1. The van der Waals surface area contributed by atoms with Crippen molar-refractivity contribution in [3.05, 3.63) is 59.7 Å². The van der Waals surface area contributed by atoms with Crippen LogP contribution in [0.1, 0.15) is 68.6 Å². The van der Waals surface area contributed by atoms with E-state index >= 15 is 0 Å². The zero-order valence-electron chi connectivity index (χ0n) is 24.2. The molecule has 41 heavy (non-hydrogen) atoms. The highest BCUT2D eigenvalue weighted by Gasteiger charge is 2.48. The smallest absolute Gasteiger partial charge is 0.211 e. The van der Waals surface area contributed by atoms with Crippen LogP contribution in [0.15, 0.2) is 48.5 Å². The summed E-state index contributed by atoms with van der Waals surface area (Å²) in [6.07, 6.45) is 9.08. The number of unbranched alkanes of at least 4 members (excludes halogenated alkanes) is 1. The van der Waals surface area contributed by atoms with Gasteiger partial charge in [-0.25, -0.2) is 0 Å².